The normalized spacial score (nSPS) is 17.1. The van der Waals surface area contributed by atoms with Crippen molar-refractivity contribution in [3.63, 3.8) is 0 Å². The van der Waals surface area contributed by atoms with Gasteiger partial charge >= 0.3 is 0 Å². The van der Waals surface area contributed by atoms with Gasteiger partial charge in [-0.2, -0.15) is 5.26 Å². The van der Waals surface area contributed by atoms with Crippen LogP contribution in [-0.4, -0.2) is 10.9 Å². The summed E-state index contributed by atoms with van der Waals surface area (Å²) in [6.07, 6.45) is 0.0945. The molecule has 1 atom stereocenters. The summed E-state index contributed by atoms with van der Waals surface area (Å²) in [6.45, 7) is 1.96. The van der Waals surface area contributed by atoms with Crippen LogP contribution in [0, 0.1) is 18.3 Å². The molecule has 5 nitrogen and oxygen atoms in total. The van der Waals surface area contributed by atoms with Crippen molar-refractivity contribution in [3.05, 3.63) is 82.3 Å². The number of rotatable bonds is 2. The summed E-state index contributed by atoms with van der Waals surface area (Å²) in [5.41, 5.74) is 9.68. The highest BCUT2D eigenvalue weighted by atomic mass is 35.5. The monoisotopic (exact) mass is 388 g/mol. The van der Waals surface area contributed by atoms with Crippen LogP contribution in [0.5, 0.6) is 0 Å². The molecule has 0 radical (unpaired) electrons. The third-order valence-electron chi connectivity index (χ3n) is 5.03. The molecule has 0 aliphatic carbocycles. The zero-order valence-corrected chi connectivity index (χ0v) is 15.9. The van der Waals surface area contributed by atoms with E-state index in [0.29, 0.717) is 16.8 Å². The molecule has 0 saturated heterocycles. The van der Waals surface area contributed by atoms with Crippen molar-refractivity contribution in [2.45, 2.75) is 19.3 Å². The number of nitrogens with two attached hydrogens (primary N) is 1. The first-order valence-corrected chi connectivity index (χ1v) is 9.22. The van der Waals surface area contributed by atoms with Crippen LogP contribution in [-0.2, 0) is 4.79 Å². The predicted octanol–water partition coefficient (Wildman–Crippen LogP) is 4.41. The fraction of sp³-hybridized carbons (Fsp3) is 0.136. The maximum atomic E-state index is 12.9. The highest BCUT2D eigenvalue weighted by Crippen LogP contribution is 2.40. The Morgan fingerprint density at radius 2 is 1.96 bits per heavy atom. The zero-order chi connectivity index (χ0) is 19.8. The number of anilines is 1. The maximum absolute atomic E-state index is 12.9. The van der Waals surface area contributed by atoms with Gasteiger partial charge in [0.05, 0.1) is 22.8 Å². The number of aryl methyl sites for hydroxylation is 1. The third-order valence-corrected chi connectivity index (χ3v) is 5.33. The number of hydrogen-bond donors (Lipinski definition) is 1. The van der Waals surface area contributed by atoms with Gasteiger partial charge in [0.15, 0.2) is 0 Å². The van der Waals surface area contributed by atoms with E-state index < -0.39 is 5.92 Å². The number of carbonyl (C=O) groups excluding carboxylic acids is 1. The highest BCUT2D eigenvalue weighted by Gasteiger charge is 2.35. The Balaban J connectivity index is 1.87. The maximum Gasteiger partial charge on any atom is 0.233 e. The minimum atomic E-state index is -0.526. The number of carbonyl (C=O) groups is 1. The molecule has 0 bridgehead atoms. The van der Waals surface area contributed by atoms with Crippen molar-refractivity contribution in [2.24, 2.45) is 5.73 Å². The molecule has 2 N–H and O–H groups in total. The van der Waals surface area contributed by atoms with Crippen LogP contribution in [0.3, 0.4) is 0 Å². The topological polar surface area (TPSA) is 83.0 Å². The second-order valence-corrected chi connectivity index (χ2v) is 7.11. The Kier molecular flexibility index (Phi) is 4.50. The zero-order valence-electron chi connectivity index (χ0n) is 15.2. The molecule has 0 saturated carbocycles. The largest absolute Gasteiger partial charge is 0.384 e. The van der Waals surface area contributed by atoms with Crippen LogP contribution in [0.15, 0.2) is 66.0 Å². The first-order valence-electron chi connectivity index (χ1n) is 8.84. The molecule has 2 aromatic carbocycles. The Morgan fingerprint density at radius 1 is 1.21 bits per heavy atom. The number of allylic oxidation sites excluding steroid dienone is 1. The van der Waals surface area contributed by atoms with Gasteiger partial charge in [-0.1, -0.05) is 48.0 Å². The van der Waals surface area contributed by atoms with Crippen molar-refractivity contribution in [3.8, 4) is 6.07 Å². The van der Waals surface area contributed by atoms with Crippen molar-refractivity contribution in [2.75, 3.05) is 4.90 Å². The van der Waals surface area contributed by atoms with E-state index in [4.69, 9.17) is 17.3 Å². The summed E-state index contributed by atoms with van der Waals surface area (Å²) >= 11 is 6.47. The van der Waals surface area contributed by atoms with Crippen molar-refractivity contribution < 1.29 is 4.79 Å². The lowest BCUT2D eigenvalue weighted by molar-refractivity contribution is -0.118. The number of para-hydroxylation sites is 2. The van der Waals surface area contributed by atoms with E-state index in [1.165, 1.54) is 4.90 Å². The van der Waals surface area contributed by atoms with E-state index in [2.05, 4.69) is 11.1 Å². The minimum absolute atomic E-state index is 0.0945. The minimum Gasteiger partial charge on any atom is -0.384 e. The molecule has 1 aromatic heterocycles. The molecule has 1 aliphatic heterocycles. The molecule has 0 unspecified atom stereocenters. The van der Waals surface area contributed by atoms with E-state index in [0.717, 1.165) is 16.5 Å². The number of halogens is 1. The standard InChI is InChI=1S/C22H17ClN4O/c1-13-6-5-7-14-10-17(21(23)26-20(13)14)16-11-19(28)27(22(25)18(16)12-24)15-8-3-2-4-9-15/h2-10,16H,11,25H2,1H3/t16-/m1/s1. The lowest BCUT2D eigenvalue weighted by Gasteiger charge is -2.32. The van der Waals surface area contributed by atoms with Gasteiger partial charge in [-0.3, -0.25) is 9.69 Å². The van der Waals surface area contributed by atoms with Crippen LogP contribution in [0.1, 0.15) is 23.5 Å². The Morgan fingerprint density at radius 3 is 2.68 bits per heavy atom. The molecule has 3 aromatic rings. The van der Waals surface area contributed by atoms with Crippen LogP contribution < -0.4 is 10.6 Å². The molecule has 4 rings (SSSR count). The molecular weight excluding hydrogens is 372 g/mol. The summed E-state index contributed by atoms with van der Waals surface area (Å²) in [7, 11) is 0. The number of benzene rings is 2. The SMILES string of the molecule is Cc1cccc2cc([C@H]3CC(=O)N(c4ccccc4)C(N)=C3C#N)c(Cl)nc12. The molecule has 1 aliphatic rings. The lowest BCUT2D eigenvalue weighted by Crippen LogP contribution is -2.40. The van der Waals surface area contributed by atoms with E-state index in [1.54, 1.807) is 12.1 Å². The first-order chi connectivity index (χ1) is 13.5. The molecule has 6 heteroatoms. The Labute approximate surface area is 167 Å². The molecule has 0 spiro atoms. The average Bonchev–Trinajstić information content (AvgIpc) is 2.69. The van der Waals surface area contributed by atoms with Gasteiger partial charge in [0, 0.05) is 17.7 Å². The molecule has 138 valence electrons. The summed E-state index contributed by atoms with van der Waals surface area (Å²) in [5.74, 6) is -0.578. The Hall–Kier alpha value is -3.36. The van der Waals surface area contributed by atoms with E-state index in [1.807, 2.05) is 49.4 Å². The average molecular weight is 389 g/mol. The Bertz CT molecular complexity index is 1160. The second kappa shape index (κ2) is 6.99. The summed E-state index contributed by atoms with van der Waals surface area (Å²) < 4.78 is 0. The van der Waals surface area contributed by atoms with E-state index in [-0.39, 0.29) is 23.3 Å². The number of fused-ring (bicyclic) bond motifs is 1. The number of hydrogen-bond acceptors (Lipinski definition) is 4. The number of amides is 1. The molecule has 0 fully saturated rings. The van der Waals surface area contributed by atoms with E-state index in [9.17, 15) is 10.1 Å². The van der Waals surface area contributed by atoms with Gasteiger partial charge in [0.2, 0.25) is 5.91 Å². The van der Waals surface area contributed by atoms with Gasteiger partial charge in [0.1, 0.15) is 11.0 Å². The first kappa shape index (κ1) is 18.0. The predicted molar refractivity (Wildman–Crippen MR) is 110 cm³/mol. The van der Waals surface area contributed by atoms with Crippen molar-refractivity contribution >= 4 is 34.1 Å². The molecule has 1 amide bonds. The van der Waals surface area contributed by atoms with Crippen LogP contribution in [0.4, 0.5) is 5.69 Å². The van der Waals surface area contributed by atoms with Crippen molar-refractivity contribution in [1.82, 2.24) is 4.98 Å². The molecule has 28 heavy (non-hydrogen) atoms. The van der Waals surface area contributed by atoms with Crippen molar-refractivity contribution in [1.29, 1.82) is 5.26 Å². The molecule has 2 heterocycles. The smallest absolute Gasteiger partial charge is 0.233 e. The quantitative estimate of drug-likeness (QED) is 0.659. The fourth-order valence-corrected chi connectivity index (χ4v) is 3.92. The summed E-state index contributed by atoms with van der Waals surface area (Å²) in [5, 5.41) is 11.0. The van der Waals surface area contributed by atoms with Crippen LogP contribution >= 0.6 is 11.6 Å². The number of pyridine rings is 1. The van der Waals surface area contributed by atoms with Crippen LogP contribution in [0.2, 0.25) is 5.15 Å². The lowest BCUT2D eigenvalue weighted by atomic mass is 9.85. The second-order valence-electron chi connectivity index (χ2n) is 6.75. The number of aromatic nitrogens is 1. The van der Waals surface area contributed by atoms with Gasteiger partial charge in [0.25, 0.3) is 0 Å². The fourth-order valence-electron chi connectivity index (χ4n) is 3.65. The van der Waals surface area contributed by atoms with Crippen LogP contribution in [0.25, 0.3) is 10.9 Å². The van der Waals surface area contributed by atoms with Gasteiger partial charge < -0.3 is 5.73 Å². The highest BCUT2D eigenvalue weighted by molar-refractivity contribution is 6.30. The third kappa shape index (κ3) is 2.88. The summed E-state index contributed by atoms with van der Waals surface area (Å²) in [4.78, 5) is 18.8. The van der Waals surface area contributed by atoms with E-state index >= 15 is 0 Å². The van der Waals surface area contributed by atoms with Gasteiger partial charge in [-0.15, -0.1) is 0 Å². The van der Waals surface area contributed by atoms with Gasteiger partial charge in [-0.25, -0.2) is 4.98 Å². The molecular formula is C22H17ClN4O. The summed E-state index contributed by atoms with van der Waals surface area (Å²) in [6, 6.07) is 19.0. The number of nitriles is 1. The van der Waals surface area contributed by atoms with Gasteiger partial charge in [-0.05, 0) is 36.2 Å². The number of nitrogens with zero attached hydrogens (tertiary/aromatic N) is 3.